The maximum atomic E-state index is 13.1. The molecule has 0 spiro atoms. The zero-order valence-electron chi connectivity index (χ0n) is 15.8. The first-order valence-electron chi connectivity index (χ1n) is 9.03. The summed E-state index contributed by atoms with van der Waals surface area (Å²) >= 11 is 6.02. The average molecular weight is 434 g/mol. The molecular weight excluding hydrogens is 414 g/mol. The van der Waals surface area contributed by atoms with Gasteiger partial charge in [-0.25, -0.2) is 18.4 Å². The molecule has 3 heterocycles. The molecule has 1 aliphatic heterocycles. The molecule has 1 fully saturated rings. The molecule has 8 nitrogen and oxygen atoms in total. The zero-order valence-corrected chi connectivity index (χ0v) is 17.3. The van der Waals surface area contributed by atoms with Crippen molar-refractivity contribution in [2.75, 3.05) is 38.2 Å². The van der Waals surface area contributed by atoms with Crippen LogP contribution in [0.15, 0.2) is 60.0 Å². The number of piperazine rings is 1. The monoisotopic (exact) mass is 433 g/mol. The summed E-state index contributed by atoms with van der Waals surface area (Å²) in [6.07, 6.45) is 5.34. The van der Waals surface area contributed by atoms with E-state index >= 15 is 0 Å². The number of sulfonamides is 1. The van der Waals surface area contributed by atoms with Gasteiger partial charge in [0.05, 0.1) is 7.11 Å². The first-order valence-corrected chi connectivity index (χ1v) is 10.8. The SMILES string of the molecule is COc1ccc(Cl)cc1S(=O)(=O)N1CCN(c2cc(-n3cccc3)ncn2)CC1. The van der Waals surface area contributed by atoms with Crippen molar-refractivity contribution in [1.82, 2.24) is 18.8 Å². The van der Waals surface area contributed by atoms with Gasteiger partial charge in [0, 0.05) is 49.7 Å². The summed E-state index contributed by atoms with van der Waals surface area (Å²) in [6, 6.07) is 10.3. The van der Waals surface area contributed by atoms with Crippen LogP contribution in [0.25, 0.3) is 5.82 Å². The van der Waals surface area contributed by atoms with Gasteiger partial charge in [0.1, 0.15) is 28.6 Å². The van der Waals surface area contributed by atoms with Crippen LogP contribution < -0.4 is 9.64 Å². The Labute approximate surface area is 174 Å². The van der Waals surface area contributed by atoms with Crippen molar-refractivity contribution in [3.8, 4) is 11.6 Å². The zero-order chi connectivity index (χ0) is 20.4. The normalized spacial score (nSPS) is 15.4. The summed E-state index contributed by atoms with van der Waals surface area (Å²) in [4.78, 5) is 10.8. The second-order valence-electron chi connectivity index (χ2n) is 6.51. The first-order chi connectivity index (χ1) is 14.0. The Hall–Kier alpha value is -2.62. The average Bonchev–Trinajstić information content (AvgIpc) is 3.29. The van der Waals surface area contributed by atoms with Crippen LogP contribution in [-0.4, -0.2) is 60.5 Å². The van der Waals surface area contributed by atoms with E-state index in [-0.39, 0.29) is 10.6 Å². The highest BCUT2D eigenvalue weighted by Gasteiger charge is 2.31. The van der Waals surface area contributed by atoms with Crippen molar-refractivity contribution in [2.45, 2.75) is 4.90 Å². The number of benzene rings is 1. The molecule has 152 valence electrons. The van der Waals surface area contributed by atoms with E-state index in [0.29, 0.717) is 31.2 Å². The van der Waals surface area contributed by atoms with E-state index < -0.39 is 10.0 Å². The third-order valence-corrected chi connectivity index (χ3v) is 6.97. The fourth-order valence-electron chi connectivity index (χ4n) is 3.29. The molecule has 1 aromatic carbocycles. The standard InChI is InChI=1S/C19H20ClN5O3S/c1-28-16-5-4-15(20)12-17(16)29(26,27)25-10-8-24(9-11-25)19-13-18(21-14-22-19)23-6-2-3-7-23/h2-7,12-14H,8-11H2,1H3. The number of ether oxygens (including phenoxy) is 1. The van der Waals surface area contributed by atoms with Crippen molar-refractivity contribution >= 4 is 27.4 Å². The van der Waals surface area contributed by atoms with Gasteiger partial charge >= 0.3 is 0 Å². The minimum Gasteiger partial charge on any atom is -0.495 e. The van der Waals surface area contributed by atoms with Crippen molar-refractivity contribution in [2.24, 2.45) is 0 Å². The Morgan fingerprint density at radius 2 is 1.69 bits per heavy atom. The van der Waals surface area contributed by atoms with Crippen molar-refractivity contribution in [1.29, 1.82) is 0 Å². The second-order valence-corrected chi connectivity index (χ2v) is 8.85. The quantitative estimate of drug-likeness (QED) is 0.614. The van der Waals surface area contributed by atoms with Crippen molar-refractivity contribution < 1.29 is 13.2 Å². The van der Waals surface area contributed by atoms with Gasteiger partial charge in [-0.3, -0.25) is 0 Å². The van der Waals surface area contributed by atoms with Gasteiger partial charge in [-0.2, -0.15) is 4.31 Å². The number of nitrogens with zero attached hydrogens (tertiary/aromatic N) is 5. The lowest BCUT2D eigenvalue weighted by molar-refractivity contribution is 0.373. The highest BCUT2D eigenvalue weighted by molar-refractivity contribution is 7.89. The number of halogens is 1. The lowest BCUT2D eigenvalue weighted by Gasteiger charge is -2.34. The Bertz CT molecular complexity index is 1100. The van der Waals surface area contributed by atoms with Crippen LogP contribution in [0.4, 0.5) is 5.82 Å². The molecule has 1 saturated heterocycles. The highest BCUT2D eigenvalue weighted by atomic mass is 35.5. The minimum absolute atomic E-state index is 0.0814. The molecule has 0 amide bonds. The summed E-state index contributed by atoms with van der Waals surface area (Å²) in [6.45, 7) is 1.70. The number of anilines is 1. The van der Waals surface area contributed by atoms with Crippen LogP contribution in [0, 0.1) is 0 Å². The summed E-state index contributed by atoms with van der Waals surface area (Å²) in [7, 11) is -2.27. The summed E-state index contributed by atoms with van der Waals surface area (Å²) in [5, 5.41) is 0.349. The van der Waals surface area contributed by atoms with E-state index in [1.807, 2.05) is 35.2 Å². The molecule has 10 heteroatoms. The van der Waals surface area contributed by atoms with Gasteiger partial charge in [0.25, 0.3) is 0 Å². The molecule has 0 radical (unpaired) electrons. The van der Waals surface area contributed by atoms with Gasteiger partial charge in [-0.1, -0.05) is 11.6 Å². The van der Waals surface area contributed by atoms with E-state index in [2.05, 4.69) is 14.9 Å². The number of hydrogen-bond acceptors (Lipinski definition) is 6. The summed E-state index contributed by atoms with van der Waals surface area (Å²) in [5.74, 6) is 1.81. The van der Waals surface area contributed by atoms with E-state index in [1.165, 1.54) is 23.8 Å². The predicted molar refractivity (Wildman–Crippen MR) is 110 cm³/mol. The van der Waals surface area contributed by atoms with Crippen LogP contribution in [0.1, 0.15) is 0 Å². The van der Waals surface area contributed by atoms with Crippen LogP contribution in [0.2, 0.25) is 5.02 Å². The maximum absolute atomic E-state index is 13.1. The topological polar surface area (TPSA) is 80.6 Å². The highest BCUT2D eigenvalue weighted by Crippen LogP contribution is 2.30. The van der Waals surface area contributed by atoms with Crippen LogP contribution in [0.5, 0.6) is 5.75 Å². The molecule has 29 heavy (non-hydrogen) atoms. The second kappa shape index (κ2) is 8.02. The number of rotatable bonds is 5. The fourth-order valence-corrected chi connectivity index (χ4v) is 5.13. The van der Waals surface area contributed by atoms with Gasteiger partial charge in [0.2, 0.25) is 10.0 Å². The molecule has 3 aromatic rings. The van der Waals surface area contributed by atoms with Gasteiger partial charge in [-0.15, -0.1) is 0 Å². The minimum atomic E-state index is -3.72. The molecule has 0 N–H and O–H groups in total. The Kier molecular flexibility index (Phi) is 5.44. The predicted octanol–water partition coefficient (Wildman–Crippen LogP) is 2.44. The van der Waals surface area contributed by atoms with Crippen LogP contribution >= 0.6 is 11.6 Å². The summed E-state index contributed by atoms with van der Waals surface area (Å²) in [5.41, 5.74) is 0. The Balaban J connectivity index is 1.51. The lowest BCUT2D eigenvalue weighted by atomic mass is 10.3. The van der Waals surface area contributed by atoms with Gasteiger partial charge in [0.15, 0.2) is 0 Å². The van der Waals surface area contributed by atoms with Crippen LogP contribution in [-0.2, 0) is 10.0 Å². The lowest BCUT2D eigenvalue weighted by Crippen LogP contribution is -2.49. The summed E-state index contributed by atoms with van der Waals surface area (Å²) < 4.78 is 34.8. The molecule has 0 atom stereocenters. The van der Waals surface area contributed by atoms with Gasteiger partial charge in [-0.05, 0) is 30.3 Å². The van der Waals surface area contributed by atoms with Crippen molar-refractivity contribution in [3.63, 3.8) is 0 Å². The molecule has 0 bridgehead atoms. The smallest absolute Gasteiger partial charge is 0.246 e. The van der Waals surface area contributed by atoms with E-state index in [9.17, 15) is 8.42 Å². The van der Waals surface area contributed by atoms with Crippen LogP contribution in [0.3, 0.4) is 0 Å². The molecule has 0 aliphatic carbocycles. The van der Waals surface area contributed by atoms with E-state index in [0.717, 1.165) is 11.6 Å². The first kappa shape index (κ1) is 19.7. The fraction of sp³-hybridized carbons (Fsp3) is 0.263. The molecule has 1 aliphatic rings. The maximum Gasteiger partial charge on any atom is 0.246 e. The molecule has 0 unspecified atom stereocenters. The Morgan fingerprint density at radius 3 is 2.38 bits per heavy atom. The molecule has 4 rings (SSSR count). The Morgan fingerprint density at radius 1 is 1.00 bits per heavy atom. The molecular formula is C19H20ClN5O3S. The van der Waals surface area contributed by atoms with Crippen molar-refractivity contribution in [3.05, 3.63) is 60.1 Å². The molecule has 0 saturated carbocycles. The largest absolute Gasteiger partial charge is 0.495 e. The number of hydrogen-bond donors (Lipinski definition) is 0. The number of methoxy groups -OCH3 is 1. The van der Waals surface area contributed by atoms with Gasteiger partial charge < -0.3 is 14.2 Å². The third kappa shape index (κ3) is 3.93. The molecule has 2 aromatic heterocycles. The van der Waals surface area contributed by atoms with E-state index in [4.69, 9.17) is 16.3 Å². The number of aromatic nitrogens is 3. The van der Waals surface area contributed by atoms with E-state index in [1.54, 1.807) is 12.1 Å². The third-order valence-electron chi connectivity index (χ3n) is 4.81.